The Morgan fingerprint density at radius 3 is 2.54 bits per heavy atom. The van der Waals surface area contributed by atoms with Crippen molar-refractivity contribution in [1.82, 2.24) is 9.78 Å². The smallest absolute Gasteiger partial charge is 0.245 e. The first-order valence-corrected chi connectivity index (χ1v) is 8.39. The van der Waals surface area contributed by atoms with E-state index in [2.05, 4.69) is 20.4 Å². The molecular formula is C19H24N4O. The van der Waals surface area contributed by atoms with Crippen LogP contribution in [0, 0.1) is 5.92 Å². The predicted molar refractivity (Wildman–Crippen MR) is 97.2 cm³/mol. The number of nitrogens with zero attached hydrogens (tertiary/aromatic N) is 3. The second-order valence-electron chi connectivity index (χ2n) is 6.45. The molecule has 126 valence electrons. The Kier molecular flexibility index (Phi) is 4.28. The number of hydrogen-bond acceptors (Lipinski definition) is 3. The molecule has 1 aliphatic rings. The van der Waals surface area contributed by atoms with Crippen LogP contribution in [-0.2, 0) is 4.79 Å². The van der Waals surface area contributed by atoms with E-state index in [1.165, 1.54) is 0 Å². The third-order valence-corrected chi connectivity index (χ3v) is 4.68. The minimum absolute atomic E-state index is 0.0450. The van der Waals surface area contributed by atoms with Crippen LogP contribution in [0.1, 0.15) is 37.9 Å². The molecule has 2 N–H and O–H groups in total. The molecule has 2 heterocycles. The van der Waals surface area contributed by atoms with Gasteiger partial charge in [-0.15, -0.1) is 0 Å². The average Bonchev–Trinajstić information content (AvgIpc) is 2.95. The SMILES string of the molecule is C=Cc1nn(-c2ccccc2)c2c1C(C(C)C)C(N)C(=O)N2CC. The molecule has 2 aromatic rings. The molecule has 0 fully saturated rings. The zero-order chi connectivity index (χ0) is 17.4. The third-order valence-electron chi connectivity index (χ3n) is 4.68. The van der Waals surface area contributed by atoms with Gasteiger partial charge in [0.1, 0.15) is 5.82 Å². The lowest BCUT2D eigenvalue weighted by atomic mass is 9.79. The van der Waals surface area contributed by atoms with Crippen LogP contribution in [0.2, 0.25) is 0 Å². The van der Waals surface area contributed by atoms with Crippen molar-refractivity contribution in [2.24, 2.45) is 11.7 Å². The van der Waals surface area contributed by atoms with E-state index < -0.39 is 6.04 Å². The molecule has 3 rings (SSSR count). The number of carbonyl (C=O) groups excluding carboxylic acids is 1. The zero-order valence-electron chi connectivity index (χ0n) is 14.4. The third kappa shape index (κ3) is 2.36. The van der Waals surface area contributed by atoms with Crippen molar-refractivity contribution in [3.8, 4) is 5.69 Å². The number of hydrogen-bond donors (Lipinski definition) is 1. The Morgan fingerprint density at radius 2 is 2.00 bits per heavy atom. The second kappa shape index (κ2) is 6.24. The topological polar surface area (TPSA) is 64.2 Å². The van der Waals surface area contributed by atoms with Gasteiger partial charge in [0.25, 0.3) is 0 Å². The summed E-state index contributed by atoms with van der Waals surface area (Å²) in [6.07, 6.45) is 1.75. The van der Waals surface area contributed by atoms with Crippen LogP contribution >= 0.6 is 0 Å². The summed E-state index contributed by atoms with van der Waals surface area (Å²) in [5.41, 5.74) is 9.06. The summed E-state index contributed by atoms with van der Waals surface area (Å²) in [4.78, 5) is 14.6. The van der Waals surface area contributed by atoms with Gasteiger partial charge < -0.3 is 5.73 Å². The maximum absolute atomic E-state index is 12.8. The molecule has 1 aromatic heterocycles. The fraction of sp³-hybridized carbons (Fsp3) is 0.368. The number of likely N-dealkylation sites (N-methyl/N-ethyl adjacent to an activating group) is 1. The number of anilines is 1. The Labute approximate surface area is 142 Å². The van der Waals surface area contributed by atoms with E-state index in [1.807, 2.05) is 41.9 Å². The first-order chi connectivity index (χ1) is 11.5. The van der Waals surface area contributed by atoms with E-state index in [-0.39, 0.29) is 17.7 Å². The summed E-state index contributed by atoms with van der Waals surface area (Å²) in [5.74, 6) is 0.940. The summed E-state index contributed by atoms with van der Waals surface area (Å²) >= 11 is 0. The molecule has 2 atom stereocenters. The largest absolute Gasteiger partial charge is 0.319 e. The van der Waals surface area contributed by atoms with E-state index in [0.29, 0.717) is 6.54 Å². The Hall–Kier alpha value is -2.40. The summed E-state index contributed by atoms with van der Waals surface area (Å²) in [5, 5.41) is 4.73. The molecule has 0 saturated carbocycles. The summed E-state index contributed by atoms with van der Waals surface area (Å²) in [6, 6.07) is 9.30. The van der Waals surface area contributed by atoms with Crippen LogP contribution in [0.15, 0.2) is 36.9 Å². The van der Waals surface area contributed by atoms with E-state index in [4.69, 9.17) is 10.8 Å². The van der Waals surface area contributed by atoms with Gasteiger partial charge in [-0.25, -0.2) is 4.68 Å². The van der Waals surface area contributed by atoms with Gasteiger partial charge in [-0.1, -0.05) is 38.6 Å². The minimum atomic E-state index is -0.551. The molecule has 1 amide bonds. The molecule has 1 aromatic carbocycles. The van der Waals surface area contributed by atoms with Crippen LogP contribution < -0.4 is 10.6 Å². The van der Waals surface area contributed by atoms with Crippen molar-refractivity contribution in [3.63, 3.8) is 0 Å². The van der Waals surface area contributed by atoms with Gasteiger partial charge in [-0.05, 0) is 31.1 Å². The Bertz CT molecular complexity index is 763. The quantitative estimate of drug-likeness (QED) is 0.940. The second-order valence-corrected chi connectivity index (χ2v) is 6.45. The first kappa shape index (κ1) is 16.5. The number of nitrogens with two attached hydrogens (primary N) is 1. The summed E-state index contributed by atoms with van der Waals surface area (Å²) in [6.45, 7) is 10.6. The lowest BCUT2D eigenvalue weighted by Crippen LogP contribution is -2.52. The number of amides is 1. The zero-order valence-corrected chi connectivity index (χ0v) is 14.4. The summed E-state index contributed by atoms with van der Waals surface area (Å²) in [7, 11) is 0. The van der Waals surface area contributed by atoms with Gasteiger partial charge in [0.05, 0.1) is 17.4 Å². The standard InChI is InChI=1S/C19H24N4O/c1-5-14-16-15(12(3)4)17(20)19(24)22(6-2)18(16)23(21-14)13-10-8-7-9-11-13/h5,7-12,15,17H,1,6,20H2,2-4H3. The van der Waals surface area contributed by atoms with Gasteiger partial charge in [-0.2, -0.15) is 5.10 Å². The molecule has 0 saturated heterocycles. The number of aromatic nitrogens is 2. The van der Waals surface area contributed by atoms with Crippen molar-refractivity contribution in [1.29, 1.82) is 0 Å². The fourth-order valence-electron chi connectivity index (χ4n) is 3.59. The maximum atomic E-state index is 12.8. The normalized spacial score (nSPS) is 20.4. The van der Waals surface area contributed by atoms with Crippen LogP contribution in [0.3, 0.4) is 0 Å². The molecule has 0 spiro atoms. The molecule has 0 aliphatic carbocycles. The fourth-order valence-corrected chi connectivity index (χ4v) is 3.59. The molecule has 2 unspecified atom stereocenters. The number of rotatable bonds is 4. The van der Waals surface area contributed by atoms with E-state index in [9.17, 15) is 4.79 Å². The lowest BCUT2D eigenvalue weighted by Gasteiger charge is -2.38. The number of carbonyl (C=O) groups is 1. The van der Waals surface area contributed by atoms with Gasteiger partial charge in [-0.3, -0.25) is 9.69 Å². The maximum Gasteiger partial charge on any atom is 0.245 e. The molecule has 0 radical (unpaired) electrons. The highest BCUT2D eigenvalue weighted by molar-refractivity contribution is 6.01. The van der Waals surface area contributed by atoms with Crippen LogP contribution in [-0.4, -0.2) is 28.3 Å². The first-order valence-electron chi connectivity index (χ1n) is 8.39. The average molecular weight is 324 g/mol. The molecule has 1 aliphatic heterocycles. The molecule has 24 heavy (non-hydrogen) atoms. The molecule has 5 heteroatoms. The number of para-hydroxylation sites is 1. The Morgan fingerprint density at radius 1 is 1.33 bits per heavy atom. The lowest BCUT2D eigenvalue weighted by molar-refractivity contribution is -0.121. The molecule has 0 bridgehead atoms. The van der Waals surface area contributed by atoms with E-state index in [1.54, 1.807) is 11.0 Å². The highest BCUT2D eigenvalue weighted by Gasteiger charge is 2.43. The van der Waals surface area contributed by atoms with E-state index in [0.717, 1.165) is 22.8 Å². The van der Waals surface area contributed by atoms with Crippen molar-refractivity contribution < 1.29 is 4.79 Å². The Balaban J connectivity index is 2.32. The monoisotopic (exact) mass is 324 g/mol. The highest BCUT2D eigenvalue weighted by Crippen LogP contribution is 2.43. The van der Waals surface area contributed by atoms with Gasteiger partial charge in [0.2, 0.25) is 5.91 Å². The van der Waals surface area contributed by atoms with Crippen molar-refractivity contribution in [2.45, 2.75) is 32.7 Å². The van der Waals surface area contributed by atoms with Gasteiger partial charge >= 0.3 is 0 Å². The van der Waals surface area contributed by atoms with Gasteiger partial charge in [0.15, 0.2) is 0 Å². The van der Waals surface area contributed by atoms with Crippen molar-refractivity contribution in [2.75, 3.05) is 11.4 Å². The van der Waals surface area contributed by atoms with Crippen molar-refractivity contribution >= 4 is 17.8 Å². The number of fused-ring (bicyclic) bond motifs is 1. The minimum Gasteiger partial charge on any atom is -0.319 e. The highest BCUT2D eigenvalue weighted by atomic mass is 16.2. The molecule has 5 nitrogen and oxygen atoms in total. The van der Waals surface area contributed by atoms with Crippen molar-refractivity contribution in [3.05, 3.63) is 48.2 Å². The van der Waals surface area contributed by atoms with E-state index >= 15 is 0 Å². The van der Waals surface area contributed by atoms with Crippen LogP contribution in [0.4, 0.5) is 5.82 Å². The number of benzene rings is 1. The molecular weight excluding hydrogens is 300 g/mol. The van der Waals surface area contributed by atoms with Crippen LogP contribution in [0.25, 0.3) is 11.8 Å². The van der Waals surface area contributed by atoms with Crippen LogP contribution in [0.5, 0.6) is 0 Å². The van der Waals surface area contributed by atoms with Gasteiger partial charge in [0, 0.05) is 18.0 Å². The predicted octanol–water partition coefficient (Wildman–Crippen LogP) is 2.95. The summed E-state index contributed by atoms with van der Waals surface area (Å²) < 4.78 is 1.84.